The first-order chi connectivity index (χ1) is 17.5. The summed E-state index contributed by atoms with van der Waals surface area (Å²) in [5.41, 5.74) is 0.551. The lowest BCUT2D eigenvalue weighted by molar-refractivity contribution is -0.158. The fourth-order valence-electron chi connectivity index (χ4n) is 6.06. The Balaban J connectivity index is 1.20. The van der Waals surface area contributed by atoms with E-state index in [1.807, 2.05) is 19.9 Å². The number of rotatable bonds is 7. The summed E-state index contributed by atoms with van der Waals surface area (Å²) in [5, 5.41) is 13.7. The molecule has 3 heterocycles. The van der Waals surface area contributed by atoms with E-state index in [0.29, 0.717) is 39.6 Å². The van der Waals surface area contributed by atoms with Gasteiger partial charge in [0.25, 0.3) is 0 Å². The zero-order valence-corrected chi connectivity index (χ0v) is 23.0. The third kappa shape index (κ3) is 5.25. The van der Waals surface area contributed by atoms with Gasteiger partial charge in [-0.3, -0.25) is 4.79 Å². The van der Waals surface area contributed by atoms with Gasteiger partial charge in [0.15, 0.2) is 11.6 Å². The van der Waals surface area contributed by atoms with Crippen LogP contribution < -0.4 is 10.2 Å². The lowest BCUT2D eigenvalue weighted by Crippen LogP contribution is -2.58. The highest BCUT2D eigenvalue weighted by atomic mass is 35.5. The Morgan fingerprint density at radius 2 is 1.95 bits per heavy atom. The number of carbonyl (C=O) groups is 1. The number of carboxylic acid groups (broad SMARTS) is 1. The lowest BCUT2D eigenvalue weighted by Gasteiger charge is -2.52. The number of likely N-dealkylation sites (tertiary alicyclic amines) is 1. The second kappa shape index (κ2) is 10.2. The number of piperidine rings is 1. The number of hydrogen-bond acceptors (Lipinski definition) is 6. The van der Waals surface area contributed by atoms with Crippen LogP contribution in [0.2, 0.25) is 10.0 Å². The van der Waals surface area contributed by atoms with Crippen LogP contribution in [0.3, 0.4) is 0 Å². The summed E-state index contributed by atoms with van der Waals surface area (Å²) in [6.07, 6.45) is 3.81. The lowest BCUT2D eigenvalue weighted by atomic mass is 9.65. The van der Waals surface area contributed by atoms with E-state index in [-0.39, 0.29) is 11.9 Å². The molecular formula is C27H34Cl2FN5O2. The van der Waals surface area contributed by atoms with Crippen LogP contribution >= 0.6 is 23.2 Å². The number of carboxylic acids is 1. The molecule has 2 N–H and O–H groups in total. The van der Waals surface area contributed by atoms with Gasteiger partial charge in [-0.25, -0.2) is 9.37 Å². The third-order valence-electron chi connectivity index (χ3n) is 8.54. The van der Waals surface area contributed by atoms with Crippen LogP contribution in [-0.4, -0.2) is 58.2 Å². The van der Waals surface area contributed by atoms with E-state index in [1.165, 1.54) is 6.42 Å². The van der Waals surface area contributed by atoms with Gasteiger partial charge in [0.2, 0.25) is 5.95 Å². The molecule has 1 aromatic heterocycles. The average Bonchev–Trinajstić information content (AvgIpc) is 2.79. The summed E-state index contributed by atoms with van der Waals surface area (Å²) in [6.45, 7) is 9.19. The summed E-state index contributed by atoms with van der Waals surface area (Å²) in [5.74, 6) is 0.671. The quantitative estimate of drug-likeness (QED) is 0.451. The maximum atomic E-state index is 14.9. The van der Waals surface area contributed by atoms with Gasteiger partial charge in [-0.1, -0.05) is 29.3 Å². The van der Waals surface area contributed by atoms with Crippen molar-refractivity contribution >= 4 is 40.9 Å². The minimum Gasteiger partial charge on any atom is -0.481 e. The molecule has 0 amide bonds. The van der Waals surface area contributed by atoms with Gasteiger partial charge < -0.3 is 20.2 Å². The number of anilines is 2. The van der Waals surface area contributed by atoms with Crippen LogP contribution in [-0.2, 0) is 4.79 Å². The molecule has 2 saturated heterocycles. The maximum Gasteiger partial charge on any atom is 0.309 e. The molecule has 200 valence electrons. The van der Waals surface area contributed by atoms with Gasteiger partial charge in [0, 0.05) is 35.7 Å². The van der Waals surface area contributed by atoms with Crippen LogP contribution in [0.15, 0.2) is 18.2 Å². The zero-order chi connectivity index (χ0) is 26.5. The molecule has 1 aromatic carbocycles. The molecule has 10 heteroatoms. The van der Waals surface area contributed by atoms with Gasteiger partial charge in [0.1, 0.15) is 0 Å². The summed E-state index contributed by atoms with van der Waals surface area (Å²) in [6, 6.07) is 5.37. The fourth-order valence-corrected chi connectivity index (χ4v) is 6.63. The number of halogens is 3. The standard InChI is InChI=1S/C27H34Cl2FN5O2/c1-15(21-7-6-19(28)9-22(21)29)31-24-23(30)16(2)32-26(33-24)35-13-18(14-35)17-5-4-8-34(12-17)20-10-27(3,11-20)25(36)37/h6-7,9,15,17-18,20H,4-5,8,10-14H2,1-3H3,(H,36,37)(H,31,32,33)/t15-,17+,20-,27-/m1/s1. The van der Waals surface area contributed by atoms with Crippen LogP contribution in [0.25, 0.3) is 0 Å². The molecule has 2 aromatic rings. The molecular weight excluding hydrogens is 516 g/mol. The summed E-state index contributed by atoms with van der Waals surface area (Å²) in [7, 11) is 0. The van der Waals surface area contributed by atoms with E-state index < -0.39 is 17.2 Å². The molecule has 5 rings (SSSR count). The predicted octanol–water partition coefficient (Wildman–Crippen LogP) is 5.81. The smallest absolute Gasteiger partial charge is 0.309 e. The predicted molar refractivity (Wildman–Crippen MR) is 144 cm³/mol. The topological polar surface area (TPSA) is 81.6 Å². The Labute approximate surface area is 227 Å². The molecule has 7 nitrogen and oxygen atoms in total. The van der Waals surface area contributed by atoms with Crippen molar-refractivity contribution in [3.63, 3.8) is 0 Å². The molecule has 0 bridgehead atoms. The molecule has 3 aliphatic rings. The second-order valence-corrected chi connectivity index (χ2v) is 12.1. The number of benzene rings is 1. The number of nitrogens with one attached hydrogen (secondary N) is 1. The van der Waals surface area contributed by atoms with Crippen molar-refractivity contribution in [3.05, 3.63) is 45.3 Å². The Hall–Kier alpha value is -2.16. The van der Waals surface area contributed by atoms with Crippen LogP contribution in [0, 0.1) is 30.0 Å². The highest BCUT2D eigenvalue weighted by molar-refractivity contribution is 6.35. The van der Waals surface area contributed by atoms with E-state index in [4.69, 9.17) is 23.2 Å². The Morgan fingerprint density at radius 1 is 1.22 bits per heavy atom. The van der Waals surface area contributed by atoms with Crippen molar-refractivity contribution in [2.75, 3.05) is 36.4 Å². The molecule has 0 unspecified atom stereocenters. The van der Waals surface area contributed by atoms with Gasteiger partial charge in [-0.15, -0.1) is 0 Å². The van der Waals surface area contributed by atoms with Crippen molar-refractivity contribution in [2.45, 2.75) is 58.5 Å². The largest absolute Gasteiger partial charge is 0.481 e. The zero-order valence-electron chi connectivity index (χ0n) is 21.5. The third-order valence-corrected chi connectivity index (χ3v) is 9.10. The van der Waals surface area contributed by atoms with Crippen molar-refractivity contribution < 1.29 is 14.3 Å². The number of aromatic nitrogens is 2. The highest BCUT2D eigenvalue weighted by Gasteiger charge is 2.49. The van der Waals surface area contributed by atoms with Crippen LogP contribution in [0.5, 0.6) is 0 Å². The van der Waals surface area contributed by atoms with Crippen molar-refractivity contribution in [3.8, 4) is 0 Å². The Kier molecular flexibility index (Phi) is 7.29. The first-order valence-corrected chi connectivity index (χ1v) is 13.8. The van der Waals surface area contributed by atoms with E-state index in [1.54, 1.807) is 19.1 Å². The first-order valence-electron chi connectivity index (χ1n) is 13.0. The summed E-state index contributed by atoms with van der Waals surface area (Å²) < 4.78 is 14.9. The molecule has 37 heavy (non-hydrogen) atoms. The minimum absolute atomic E-state index is 0.166. The van der Waals surface area contributed by atoms with Crippen molar-refractivity contribution in [1.29, 1.82) is 0 Å². The number of nitrogens with zero attached hydrogens (tertiary/aromatic N) is 4. The normalized spacial score (nSPS) is 27.4. The monoisotopic (exact) mass is 549 g/mol. The molecule has 2 aliphatic heterocycles. The van der Waals surface area contributed by atoms with Gasteiger partial charge in [-0.2, -0.15) is 4.98 Å². The maximum absolute atomic E-state index is 14.9. The molecule has 1 saturated carbocycles. The molecule has 3 fully saturated rings. The first kappa shape index (κ1) is 26.4. The average molecular weight is 551 g/mol. The summed E-state index contributed by atoms with van der Waals surface area (Å²) in [4.78, 5) is 25.1. The van der Waals surface area contributed by atoms with E-state index >= 15 is 0 Å². The van der Waals surface area contributed by atoms with Gasteiger partial charge in [0.05, 0.1) is 17.2 Å². The Morgan fingerprint density at radius 3 is 2.62 bits per heavy atom. The van der Waals surface area contributed by atoms with Crippen molar-refractivity contribution in [1.82, 2.24) is 14.9 Å². The molecule has 1 aliphatic carbocycles. The van der Waals surface area contributed by atoms with Gasteiger partial charge >= 0.3 is 5.97 Å². The minimum atomic E-state index is -0.680. The van der Waals surface area contributed by atoms with Crippen LogP contribution in [0.1, 0.15) is 56.8 Å². The van der Waals surface area contributed by atoms with Gasteiger partial charge in [-0.05, 0) is 82.5 Å². The highest BCUT2D eigenvalue weighted by Crippen LogP contribution is 2.45. The SMILES string of the molecule is Cc1nc(N2CC([C@H]3CCCN([C@H]4C[C@](C)(C(=O)O)C4)C3)C2)nc(N[C@H](C)c2ccc(Cl)cc2Cl)c1F. The van der Waals surface area contributed by atoms with Crippen LogP contribution in [0.4, 0.5) is 16.2 Å². The van der Waals surface area contributed by atoms with E-state index in [0.717, 1.165) is 51.0 Å². The fraction of sp³-hybridized carbons (Fsp3) is 0.593. The van der Waals surface area contributed by atoms with E-state index in [9.17, 15) is 14.3 Å². The van der Waals surface area contributed by atoms with E-state index in [2.05, 4.69) is 25.1 Å². The Bertz CT molecular complexity index is 1190. The second-order valence-electron chi connectivity index (χ2n) is 11.3. The molecule has 0 radical (unpaired) electrons. The number of hydrogen-bond donors (Lipinski definition) is 2. The number of aliphatic carboxylic acids is 1. The molecule has 2 atom stereocenters. The number of aryl methyl sites for hydroxylation is 1. The van der Waals surface area contributed by atoms with Crippen molar-refractivity contribution in [2.24, 2.45) is 17.3 Å². The summed E-state index contributed by atoms with van der Waals surface area (Å²) >= 11 is 12.4. The molecule has 0 spiro atoms.